The number of hydrogen-bond acceptors (Lipinski definition) is 3. The van der Waals surface area contributed by atoms with Gasteiger partial charge in [-0.2, -0.15) is 0 Å². The fourth-order valence-corrected chi connectivity index (χ4v) is 2.22. The summed E-state index contributed by atoms with van der Waals surface area (Å²) in [6.45, 7) is 7.81. The topological polar surface area (TPSA) is 50.4 Å². The molecule has 4 heteroatoms. The summed E-state index contributed by atoms with van der Waals surface area (Å²) < 4.78 is 5.65. The maximum absolute atomic E-state index is 11.5. The average molecular weight is 324 g/mol. The Bertz CT molecular complexity index is 693. The quantitative estimate of drug-likeness (QED) is 0.733. The van der Waals surface area contributed by atoms with E-state index in [-0.39, 0.29) is 5.91 Å². The Morgan fingerprint density at radius 1 is 1.08 bits per heavy atom. The molecule has 2 rings (SSSR count). The number of amides is 1. The number of nitrogens with one attached hydrogen (secondary N) is 2. The Morgan fingerprint density at radius 2 is 1.79 bits per heavy atom. The molecule has 0 bridgehead atoms. The highest BCUT2D eigenvalue weighted by Gasteiger charge is 2.02. The zero-order valence-electron chi connectivity index (χ0n) is 14.3. The monoisotopic (exact) mass is 324 g/mol. The molecular formula is C20H24N2O2. The van der Waals surface area contributed by atoms with E-state index < -0.39 is 0 Å². The fourth-order valence-electron chi connectivity index (χ4n) is 2.22. The molecule has 0 fully saturated rings. The van der Waals surface area contributed by atoms with Gasteiger partial charge in [0.25, 0.3) is 5.91 Å². The minimum Gasteiger partial charge on any atom is -0.489 e. The Morgan fingerprint density at radius 3 is 2.46 bits per heavy atom. The zero-order chi connectivity index (χ0) is 17.4. The van der Waals surface area contributed by atoms with Gasteiger partial charge in [0.1, 0.15) is 12.4 Å². The number of hydrogen-bond donors (Lipinski definition) is 2. The molecule has 0 radical (unpaired) electrons. The largest absolute Gasteiger partial charge is 0.489 e. The number of carbonyl (C=O) groups excluding carboxylic acids is 1. The number of benzene rings is 2. The van der Waals surface area contributed by atoms with Crippen molar-refractivity contribution in [2.75, 3.05) is 13.7 Å². The first-order valence-electron chi connectivity index (χ1n) is 7.96. The highest BCUT2D eigenvalue weighted by Crippen LogP contribution is 2.14. The van der Waals surface area contributed by atoms with Crippen molar-refractivity contribution in [2.24, 2.45) is 0 Å². The van der Waals surface area contributed by atoms with Crippen LogP contribution in [0.5, 0.6) is 5.75 Å². The van der Waals surface area contributed by atoms with Gasteiger partial charge in [-0.25, -0.2) is 0 Å². The first kappa shape index (κ1) is 17.8. The molecule has 0 atom stereocenters. The first-order valence-corrected chi connectivity index (χ1v) is 7.96. The molecule has 0 aliphatic heterocycles. The van der Waals surface area contributed by atoms with Crippen molar-refractivity contribution < 1.29 is 9.53 Å². The van der Waals surface area contributed by atoms with E-state index in [0.29, 0.717) is 12.2 Å². The van der Waals surface area contributed by atoms with E-state index in [1.165, 1.54) is 0 Å². The third-order valence-electron chi connectivity index (χ3n) is 3.49. The van der Waals surface area contributed by atoms with Gasteiger partial charge in [0.2, 0.25) is 0 Å². The van der Waals surface area contributed by atoms with E-state index in [9.17, 15) is 4.79 Å². The van der Waals surface area contributed by atoms with Crippen LogP contribution < -0.4 is 15.4 Å². The first-order chi connectivity index (χ1) is 11.6. The van der Waals surface area contributed by atoms with Crippen molar-refractivity contribution in [1.82, 2.24) is 10.6 Å². The van der Waals surface area contributed by atoms with E-state index in [0.717, 1.165) is 35.5 Å². The van der Waals surface area contributed by atoms with Crippen LogP contribution in [0.25, 0.3) is 0 Å². The molecular weight excluding hydrogens is 300 g/mol. The van der Waals surface area contributed by atoms with Gasteiger partial charge >= 0.3 is 0 Å². The van der Waals surface area contributed by atoms with E-state index in [4.69, 9.17) is 4.74 Å². The summed E-state index contributed by atoms with van der Waals surface area (Å²) in [6, 6.07) is 15.6. The normalized spacial score (nSPS) is 10.2. The lowest BCUT2D eigenvalue weighted by molar-refractivity contribution is 0.0963. The lowest BCUT2D eigenvalue weighted by atomic mass is 10.1. The standard InChI is InChI=1S/C20H24N2O2/c1-15(2)14-24-19-6-4-5-17(11-19)13-22-12-16-7-9-18(10-8-16)20(23)21-3/h4-11,22H,1,12-14H2,2-3H3,(H,21,23). The lowest BCUT2D eigenvalue weighted by Gasteiger charge is -2.09. The second-order valence-corrected chi connectivity index (χ2v) is 5.77. The highest BCUT2D eigenvalue weighted by molar-refractivity contribution is 5.93. The van der Waals surface area contributed by atoms with Crippen molar-refractivity contribution in [2.45, 2.75) is 20.0 Å². The predicted octanol–water partition coefficient (Wildman–Crippen LogP) is 3.29. The van der Waals surface area contributed by atoms with Gasteiger partial charge in [-0.3, -0.25) is 4.79 Å². The molecule has 0 aromatic heterocycles. The smallest absolute Gasteiger partial charge is 0.251 e. The third-order valence-corrected chi connectivity index (χ3v) is 3.49. The molecule has 0 spiro atoms. The number of ether oxygens (including phenoxy) is 1. The van der Waals surface area contributed by atoms with Gasteiger partial charge < -0.3 is 15.4 Å². The molecule has 0 unspecified atom stereocenters. The maximum atomic E-state index is 11.5. The van der Waals surface area contributed by atoms with Crippen LogP contribution in [0.2, 0.25) is 0 Å². The van der Waals surface area contributed by atoms with Gasteiger partial charge in [-0.15, -0.1) is 0 Å². The molecule has 2 aromatic carbocycles. The molecule has 0 saturated carbocycles. The van der Waals surface area contributed by atoms with Crippen LogP contribution in [0.15, 0.2) is 60.7 Å². The highest BCUT2D eigenvalue weighted by atomic mass is 16.5. The molecule has 1 amide bonds. The van der Waals surface area contributed by atoms with Crippen LogP contribution >= 0.6 is 0 Å². The van der Waals surface area contributed by atoms with Gasteiger partial charge in [0.05, 0.1) is 0 Å². The molecule has 0 aliphatic rings. The Labute approximate surface area is 143 Å². The second-order valence-electron chi connectivity index (χ2n) is 5.77. The van der Waals surface area contributed by atoms with E-state index in [1.54, 1.807) is 7.05 Å². The second kappa shape index (κ2) is 8.89. The Hall–Kier alpha value is -2.59. The summed E-state index contributed by atoms with van der Waals surface area (Å²) in [5.41, 5.74) is 3.97. The van der Waals surface area contributed by atoms with Crippen LogP contribution in [-0.2, 0) is 13.1 Å². The summed E-state index contributed by atoms with van der Waals surface area (Å²) in [4.78, 5) is 11.5. The minimum absolute atomic E-state index is 0.0684. The molecule has 4 nitrogen and oxygen atoms in total. The van der Waals surface area contributed by atoms with Gasteiger partial charge in [0, 0.05) is 25.7 Å². The summed E-state index contributed by atoms with van der Waals surface area (Å²) in [6.07, 6.45) is 0. The van der Waals surface area contributed by atoms with Crippen molar-refractivity contribution in [3.8, 4) is 5.75 Å². The van der Waals surface area contributed by atoms with Crippen LogP contribution in [0, 0.1) is 0 Å². The van der Waals surface area contributed by atoms with Gasteiger partial charge in [-0.05, 0) is 47.9 Å². The molecule has 0 heterocycles. The Kier molecular flexibility index (Phi) is 6.58. The lowest BCUT2D eigenvalue weighted by Crippen LogP contribution is -2.18. The van der Waals surface area contributed by atoms with Crippen molar-refractivity contribution in [3.05, 3.63) is 77.4 Å². The number of carbonyl (C=O) groups is 1. The van der Waals surface area contributed by atoms with Gasteiger partial charge in [0.15, 0.2) is 0 Å². The summed E-state index contributed by atoms with van der Waals surface area (Å²) in [5, 5.41) is 6.02. The minimum atomic E-state index is -0.0684. The average Bonchev–Trinajstić information content (AvgIpc) is 2.60. The third kappa shape index (κ3) is 5.56. The molecule has 24 heavy (non-hydrogen) atoms. The predicted molar refractivity (Wildman–Crippen MR) is 97.1 cm³/mol. The van der Waals surface area contributed by atoms with Crippen LogP contribution in [0.4, 0.5) is 0 Å². The molecule has 126 valence electrons. The van der Waals surface area contributed by atoms with Crippen molar-refractivity contribution in [1.29, 1.82) is 0 Å². The number of rotatable bonds is 8. The van der Waals surface area contributed by atoms with Crippen molar-refractivity contribution >= 4 is 5.91 Å². The van der Waals surface area contributed by atoms with Crippen LogP contribution in [-0.4, -0.2) is 19.6 Å². The van der Waals surface area contributed by atoms with Crippen LogP contribution in [0.1, 0.15) is 28.4 Å². The van der Waals surface area contributed by atoms with Crippen molar-refractivity contribution in [3.63, 3.8) is 0 Å². The molecule has 0 aliphatic carbocycles. The summed E-state index contributed by atoms with van der Waals surface area (Å²) in [5.74, 6) is 0.785. The molecule has 0 saturated heterocycles. The fraction of sp³-hybridized carbons (Fsp3) is 0.250. The van der Waals surface area contributed by atoms with E-state index >= 15 is 0 Å². The maximum Gasteiger partial charge on any atom is 0.251 e. The summed E-state index contributed by atoms with van der Waals surface area (Å²) >= 11 is 0. The molecule has 2 aromatic rings. The summed E-state index contributed by atoms with van der Waals surface area (Å²) in [7, 11) is 1.63. The SMILES string of the molecule is C=C(C)COc1cccc(CNCc2ccc(C(=O)NC)cc2)c1. The van der Waals surface area contributed by atoms with E-state index in [2.05, 4.69) is 23.3 Å². The van der Waals surface area contributed by atoms with Gasteiger partial charge in [-0.1, -0.05) is 30.8 Å². The van der Waals surface area contributed by atoms with E-state index in [1.807, 2.05) is 49.4 Å². The Balaban J connectivity index is 1.84. The molecule has 2 N–H and O–H groups in total. The van der Waals surface area contributed by atoms with Crippen LogP contribution in [0.3, 0.4) is 0 Å². The zero-order valence-corrected chi connectivity index (χ0v) is 14.3.